The third kappa shape index (κ3) is 10.2. The number of benzene rings is 2. The molecule has 2 aromatic heterocycles. The average molecular weight is 783 g/mol. The standard InChI is InChI=1S/2C11H14N2.C4H10O.2HI.Pd/c2*1-3-8-13-9-12(2)10-6-4-5-7-11(10)13;1-3-5-4-2;;;/h2*4-7H,3,8H2,1-2H3;3-4H2,1-2H3;2*1H;/q;;;;;+2/p-2. The van der Waals surface area contributed by atoms with Crippen molar-refractivity contribution in [3.05, 3.63) is 61.2 Å². The van der Waals surface area contributed by atoms with Gasteiger partial charge in [0.2, 0.25) is 12.7 Å². The second-order valence-corrected chi connectivity index (χ2v) is 7.38. The molecular weight excluding hydrogens is 745 g/mol. The summed E-state index contributed by atoms with van der Waals surface area (Å²) in [5.41, 5.74) is 5.03. The first-order chi connectivity index (χ1) is 15.1. The van der Waals surface area contributed by atoms with E-state index in [0.29, 0.717) is 0 Å². The smallest absolute Gasteiger partial charge is 1.00 e. The fourth-order valence-electron chi connectivity index (χ4n) is 3.52. The summed E-state index contributed by atoms with van der Waals surface area (Å²) in [6, 6.07) is 16.8. The summed E-state index contributed by atoms with van der Waals surface area (Å²) in [5.74, 6) is 0. The van der Waals surface area contributed by atoms with Gasteiger partial charge in [-0.25, -0.2) is 0 Å². The maximum atomic E-state index is 4.83. The van der Waals surface area contributed by atoms with Crippen LogP contribution in [0.2, 0.25) is 0 Å². The Labute approximate surface area is 253 Å². The molecule has 0 radical (unpaired) electrons. The monoisotopic (exact) mass is 782 g/mol. The van der Waals surface area contributed by atoms with Gasteiger partial charge >= 0.3 is 20.4 Å². The van der Waals surface area contributed by atoms with Crippen molar-refractivity contribution >= 4 is 22.1 Å². The van der Waals surface area contributed by atoms with E-state index >= 15 is 0 Å². The number of aromatic nitrogens is 4. The van der Waals surface area contributed by atoms with Crippen molar-refractivity contribution in [1.82, 2.24) is 9.13 Å². The van der Waals surface area contributed by atoms with Crippen LogP contribution in [0.5, 0.6) is 0 Å². The normalized spacial score (nSPS) is 9.59. The van der Waals surface area contributed by atoms with Crippen LogP contribution >= 0.6 is 0 Å². The van der Waals surface area contributed by atoms with E-state index in [1.807, 2.05) is 37.1 Å². The van der Waals surface area contributed by atoms with Gasteiger partial charge in [0.15, 0.2) is 0 Å². The van der Waals surface area contributed by atoms with Gasteiger partial charge in [-0.15, -0.1) is 0 Å². The van der Waals surface area contributed by atoms with Crippen molar-refractivity contribution in [1.29, 1.82) is 0 Å². The Morgan fingerprint density at radius 1 is 0.794 bits per heavy atom. The van der Waals surface area contributed by atoms with Crippen molar-refractivity contribution < 1.29 is 82.2 Å². The molecule has 0 saturated heterocycles. The molecule has 4 aromatic rings. The SMILES string of the molecule is CCC[n+]1[c-]n(C)c2ccccc21.CCCn1[c-][n+](C)c2ccccc21.CCOCC.[I-].[I-].[Pd+2]. The van der Waals surface area contributed by atoms with Gasteiger partial charge in [-0.05, 0) is 26.7 Å². The number of nitrogens with zero attached hydrogens (tertiary/aromatic N) is 4. The Kier molecular flexibility index (Phi) is 20.6. The molecule has 0 spiro atoms. The molecule has 5 nitrogen and oxygen atoms in total. The molecule has 0 amide bonds. The molecule has 2 heterocycles. The van der Waals surface area contributed by atoms with Gasteiger partial charge < -0.3 is 71.0 Å². The summed E-state index contributed by atoms with van der Waals surface area (Å²) >= 11 is 0. The number of rotatable bonds is 6. The van der Waals surface area contributed by atoms with Crippen LogP contribution in [-0.4, -0.2) is 22.3 Å². The molecule has 0 unspecified atom stereocenters. The van der Waals surface area contributed by atoms with Gasteiger partial charge in [-0.1, -0.05) is 62.4 Å². The van der Waals surface area contributed by atoms with Crippen LogP contribution in [0.25, 0.3) is 22.1 Å². The Bertz CT molecular complexity index is 982. The van der Waals surface area contributed by atoms with Crippen molar-refractivity contribution in [3.8, 4) is 0 Å². The van der Waals surface area contributed by atoms with Crippen molar-refractivity contribution in [2.75, 3.05) is 13.2 Å². The van der Waals surface area contributed by atoms with Crippen molar-refractivity contribution in [3.63, 3.8) is 0 Å². The minimum atomic E-state index is 0. The summed E-state index contributed by atoms with van der Waals surface area (Å²) in [4.78, 5) is 0. The van der Waals surface area contributed by atoms with Gasteiger partial charge in [-0.2, -0.15) is 0 Å². The first-order valence-electron chi connectivity index (χ1n) is 11.4. The van der Waals surface area contributed by atoms with E-state index in [2.05, 4.69) is 84.2 Å². The maximum absolute atomic E-state index is 4.83. The number of hydrogen-bond acceptors (Lipinski definition) is 1. The second-order valence-electron chi connectivity index (χ2n) is 7.38. The maximum Gasteiger partial charge on any atom is 2.00 e. The second kappa shape index (κ2) is 19.6. The minimum absolute atomic E-state index is 0. The van der Waals surface area contributed by atoms with Crippen LogP contribution in [0.4, 0.5) is 0 Å². The fourth-order valence-corrected chi connectivity index (χ4v) is 3.52. The molecule has 34 heavy (non-hydrogen) atoms. The number of aryl methyl sites for hydroxylation is 4. The number of imidazole rings is 2. The van der Waals surface area contributed by atoms with Gasteiger partial charge in [0.05, 0.1) is 27.2 Å². The zero-order chi connectivity index (χ0) is 22.6. The molecule has 0 N–H and O–H groups in total. The Balaban J connectivity index is 0. The summed E-state index contributed by atoms with van der Waals surface area (Å²) in [6.45, 7) is 12.1. The van der Waals surface area contributed by atoms with Gasteiger partial charge in [0.25, 0.3) is 0 Å². The molecule has 0 atom stereocenters. The van der Waals surface area contributed by atoms with E-state index in [9.17, 15) is 0 Å². The largest absolute Gasteiger partial charge is 2.00 e. The Morgan fingerprint density at radius 2 is 1.35 bits per heavy atom. The third-order valence-electron chi connectivity index (χ3n) is 4.91. The van der Waals surface area contributed by atoms with E-state index in [1.54, 1.807) is 0 Å². The molecular formula is C26H38I2N4OPd. The number of hydrogen-bond donors (Lipinski definition) is 0. The quantitative estimate of drug-likeness (QED) is 0.100. The molecule has 4 rings (SSSR count). The number of ether oxygens (including phenoxy) is 1. The fraction of sp³-hybridized carbons (Fsp3) is 0.462. The van der Waals surface area contributed by atoms with Crippen LogP contribution in [-0.2, 0) is 52.3 Å². The molecule has 0 bridgehead atoms. The van der Waals surface area contributed by atoms with Crippen LogP contribution in [0.15, 0.2) is 48.5 Å². The average Bonchev–Trinajstić information content (AvgIpc) is 3.28. The van der Waals surface area contributed by atoms with Crippen LogP contribution in [0.3, 0.4) is 0 Å². The van der Waals surface area contributed by atoms with Crippen molar-refractivity contribution in [2.24, 2.45) is 14.1 Å². The summed E-state index contributed by atoms with van der Waals surface area (Å²) in [7, 11) is 4.07. The molecule has 0 aliphatic rings. The van der Waals surface area contributed by atoms with Crippen molar-refractivity contribution in [2.45, 2.75) is 53.6 Å². The van der Waals surface area contributed by atoms with E-state index in [0.717, 1.165) is 39.1 Å². The first-order valence-corrected chi connectivity index (χ1v) is 11.4. The summed E-state index contributed by atoms with van der Waals surface area (Å²) in [6.07, 6.45) is 8.87. The summed E-state index contributed by atoms with van der Waals surface area (Å²) in [5, 5.41) is 0. The third-order valence-corrected chi connectivity index (χ3v) is 4.91. The predicted octanol–water partition coefficient (Wildman–Crippen LogP) is -1.60. The number of fused-ring (bicyclic) bond motifs is 2. The summed E-state index contributed by atoms with van der Waals surface area (Å²) < 4.78 is 13.3. The van der Waals surface area contributed by atoms with Crippen LogP contribution in [0, 0.1) is 12.7 Å². The molecule has 2 aromatic carbocycles. The Morgan fingerprint density at radius 3 is 1.88 bits per heavy atom. The van der Waals surface area contributed by atoms with E-state index in [1.165, 1.54) is 22.1 Å². The first kappa shape index (κ1) is 35.6. The van der Waals surface area contributed by atoms with E-state index in [4.69, 9.17) is 4.74 Å². The van der Waals surface area contributed by atoms with Gasteiger partial charge in [-0.3, -0.25) is 0 Å². The van der Waals surface area contributed by atoms with Crippen LogP contribution in [0.1, 0.15) is 40.5 Å². The number of halogens is 2. The number of para-hydroxylation sites is 4. The molecule has 0 aliphatic heterocycles. The molecule has 8 heteroatoms. The zero-order valence-corrected chi connectivity index (χ0v) is 27.0. The van der Waals surface area contributed by atoms with Gasteiger partial charge in [0, 0.05) is 35.3 Å². The predicted molar refractivity (Wildman–Crippen MR) is 127 cm³/mol. The Hall–Kier alpha value is -0.538. The molecule has 0 aliphatic carbocycles. The minimum Gasteiger partial charge on any atom is -1.00 e. The zero-order valence-electron chi connectivity index (χ0n) is 21.1. The van der Waals surface area contributed by atoms with E-state index in [-0.39, 0.29) is 68.4 Å². The topological polar surface area (TPSA) is 26.8 Å². The molecule has 192 valence electrons. The van der Waals surface area contributed by atoms with Crippen LogP contribution < -0.4 is 57.1 Å². The molecule has 0 fully saturated rings. The van der Waals surface area contributed by atoms with E-state index < -0.39 is 0 Å². The van der Waals surface area contributed by atoms with Gasteiger partial charge in [0.1, 0.15) is 0 Å². The molecule has 0 saturated carbocycles.